The Labute approximate surface area is 188 Å². The van der Waals surface area contributed by atoms with Gasteiger partial charge < -0.3 is 10.5 Å². The topological polar surface area (TPSA) is 93.9 Å². The molecule has 2 aliphatic rings. The number of hydrogen-bond acceptors (Lipinski definition) is 5. The van der Waals surface area contributed by atoms with Crippen LogP contribution in [0.5, 0.6) is 5.88 Å². The van der Waals surface area contributed by atoms with Crippen molar-refractivity contribution in [1.29, 1.82) is 5.26 Å². The zero-order chi connectivity index (χ0) is 22.2. The number of halogens is 1. The summed E-state index contributed by atoms with van der Waals surface area (Å²) in [5, 5.41) is 17.0. The molecule has 1 unspecified atom stereocenters. The maximum absolute atomic E-state index is 14.1. The maximum atomic E-state index is 14.1. The van der Waals surface area contributed by atoms with Crippen LogP contribution in [0.15, 0.2) is 72.1 Å². The molecule has 154 valence electrons. The van der Waals surface area contributed by atoms with Crippen molar-refractivity contribution in [1.82, 2.24) is 9.78 Å². The fourth-order valence-corrected chi connectivity index (χ4v) is 5.30. The molecule has 1 aromatic heterocycles. The molecular weight excluding hydrogens is 424 g/mol. The number of para-hydroxylation sites is 1. The van der Waals surface area contributed by atoms with Gasteiger partial charge in [-0.3, -0.25) is 4.79 Å². The van der Waals surface area contributed by atoms with E-state index >= 15 is 0 Å². The monoisotopic (exact) mass is 438 g/mol. The molecule has 0 saturated carbocycles. The van der Waals surface area contributed by atoms with Crippen LogP contribution in [-0.2, 0) is 5.41 Å². The van der Waals surface area contributed by atoms with Crippen LogP contribution in [0.3, 0.4) is 0 Å². The third-order valence-electron chi connectivity index (χ3n) is 6.31. The van der Waals surface area contributed by atoms with E-state index in [2.05, 4.69) is 11.2 Å². The fraction of sp³-hybridized carbons (Fsp3) is 0.0800. The van der Waals surface area contributed by atoms with Gasteiger partial charge in [-0.2, -0.15) is 15.0 Å². The van der Waals surface area contributed by atoms with Gasteiger partial charge in [-0.05, 0) is 35.4 Å². The quantitative estimate of drug-likeness (QED) is 0.470. The zero-order valence-corrected chi connectivity index (χ0v) is 17.6. The zero-order valence-electron chi connectivity index (χ0n) is 16.9. The molecule has 0 bridgehead atoms. The van der Waals surface area contributed by atoms with E-state index in [1.54, 1.807) is 29.8 Å². The summed E-state index contributed by atoms with van der Waals surface area (Å²) in [6.07, 6.45) is 0. The number of nitriles is 1. The lowest BCUT2D eigenvalue weighted by molar-refractivity contribution is 0.0936. The number of ketones is 1. The second kappa shape index (κ2) is 6.22. The van der Waals surface area contributed by atoms with E-state index in [-0.39, 0.29) is 23.1 Å². The number of aryl methyl sites for hydroxylation is 1. The lowest BCUT2D eigenvalue weighted by atomic mass is 9.68. The van der Waals surface area contributed by atoms with Crippen LogP contribution in [0.1, 0.15) is 27.2 Å². The molecule has 3 aromatic carbocycles. The first-order chi connectivity index (χ1) is 15.5. The molecule has 2 N–H and O–H groups in total. The van der Waals surface area contributed by atoms with Crippen molar-refractivity contribution in [3.8, 4) is 17.6 Å². The van der Waals surface area contributed by atoms with E-state index in [4.69, 9.17) is 22.1 Å². The minimum atomic E-state index is -1.43. The molecule has 1 spiro atoms. The minimum absolute atomic E-state index is 0.0699. The summed E-state index contributed by atoms with van der Waals surface area (Å²) in [7, 11) is 0. The van der Waals surface area contributed by atoms with Crippen molar-refractivity contribution in [2.24, 2.45) is 5.73 Å². The lowest BCUT2D eigenvalue weighted by Gasteiger charge is -2.33. The van der Waals surface area contributed by atoms with Crippen LogP contribution in [0.25, 0.3) is 16.5 Å². The number of benzene rings is 3. The smallest absolute Gasteiger partial charge is 0.229 e. The fourth-order valence-electron chi connectivity index (χ4n) is 5.09. The minimum Gasteiger partial charge on any atom is -0.422 e. The van der Waals surface area contributed by atoms with Crippen LogP contribution < -0.4 is 10.5 Å². The number of fused-ring (bicyclic) bond motifs is 3. The first kappa shape index (κ1) is 18.7. The number of rotatable bonds is 1. The van der Waals surface area contributed by atoms with Gasteiger partial charge in [-0.15, -0.1) is 0 Å². The SMILES string of the molecule is Cc1nn(-c2ccccc2Cl)c2c1C1(C(=O)c3cccc4cccc1c34)C(C#N)=C(N)O2. The largest absolute Gasteiger partial charge is 0.422 e. The van der Waals surface area contributed by atoms with Gasteiger partial charge >= 0.3 is 0 Å². The summed E-state index contributed by atoms with van der Waals surface area (Å²) in [5.41, 5.74) is 7.84. The van der Waals surface area contributed by atoms with Crippen molar-refractivity contribution in [2.75, 3.05) is 0 Å². The highest BCUT2D eigenvalue weighted by Crippen LogP contribution is 2.56. The van der Waals surface area contributed by atoms with Crippen LogP contribution in [0.2, 0.25) is 5.02 Å². The number of ether oxygens (including phenoxy) is 1. The van der Waals surface area contributed by atoms with Crippen molar-refractivity contribution in [2.45, 2.75) is 12.3 Å². The first-order valence-electron chi connectivity index (χ1n) is 10.00. The van der Waals surface area contributed by atoms with Gasteiger partial charge in [0, 0.05) is 5.56 Å². The second-order valence-electron chi connectivity index (χ2n) is 7.87. The summed E-state index contributed by atoms with van der Waals surface area (Å²) in [4.78, 5) is 14.1. The van der Waals surface area contributed by atoms with Crippen molar-refractivity contribution in [3.63, 3.8) is 0 Å². The van der Waals surface area contributed by atoms with E-state index in [1.807, 2.05) is 42.5 Å². The number of nitrogens with two attached hydrogens (primary N) is 1. The maximum Gasteiger partial charge on any atom is 0.229 e. The summed E-state index contributed by atoms with van der Waals surface area (Å²) in [6, 6.07) is 20.7. The van der Waals surface area contributed by atoms with E-state index in [0.717, 1.165) is 10.8 Å². The van der Waals surface area contributed by atoms with Gasteiger partial charge in [0.25, 0.3) is 0 Å². The average Bonchev–Trinajstić information content (AvgIpc) is 3.24. The van der Waals surface area contributed by atoms with Gasteiger partial charge in [0.1, 0.15) is 17.1 Å². The Morgan fingerprint density at radius 3 is 2.62 bits per heavy atom. The number of carbonyl (C=O) groups excluding carboxylic acids is 1. The highest BCUT2D eigenvalue weighted by Gasteiger charge is 2.58. The highest BCUT2D eigenvalue weighted by molar-refractivity contribution is 6.32. The molecule has 1 atom stereocenters. The predicted molar refractivity (Wildman–Crippen MR) is 120 cm³/mol. The second-order valence-corrected chi connectivity index (χ2v) is 8.28. The number of hydrogen-bond donors (Lipinski definition) is 1. The van der Waals surface area contributed by atoms with Crippen molar-refractivity contribution < 1.29 is 9.53 Å². The normalized spacial score (nSPS) is 18.7. The van der Waals surface area contributed by atoms with Gasteiger partial charge in [0.15, 0.2) is 5.78 Å². The van der Waals surface area contributed by atoms with Gasteiger partial charge in [0.2, 0.25) is 11.8 Å². The summed E-state index contributed by atoms with van der Waals surface area (Å²) < 4.78 is 7.50. The van der Waals surface area contributed by atoms with Gasteiger partial charge in [-0.25, -0.2) is 0 Å². The Morgan fingerprint density at radius 1 is 1.12 bits per heavy atom. The molecule has 0 saturated heterocycles. The highest BCUT2D eigenvalue weighted by atomic mass is 35.5. The van der Waals surface area contributed by atoms with Crippen LogP contribution in [-0.4, -0.2) is 15.6 Å². The average molecular weight is 439 g/mol. The van der Waals surface area contributed by atoms with Crippen LogP contribution >= 0.6 is 11.6 Å². The molecule has 2 heterocycles. The number of nitrogens with zero attached hydrogens (tertiary/aromatic N) is 3. The van der Waals surface area contributed by atoms with Crippen LogP contribution in [0.4, 0.5) is 0 Å². The van der Waals surface area contributed by atoms with Crippen molar-refractivity contribution in [3.05, 3.63) is 99.5 Å². The molecule has 6 nitrogen and oxygen atoms in total. The van der Waals surface area contributed by atoms with Crippen LogP contribution in [0, 0.1) is 18.3 Å². The van der Waals surface area contributed by atoms with E-state index in [1.165, 1.54) is 0 Å². The molecule has 1 aliphatic heterocycles. The molecule has 32 heavy (non-hydrogen) atoms. The molecule has 0 fully saturated rings. The Hall–Kier alpha value is -4.08. The molecule has 1 aliphatic carbocycles. The van der Waals surface area contributed by atoms with E-state index in [9.17, 15) is 10.1 Å². The molecule has 0 amide bonds. The molecule has 7 heteroatoms. The third kappa shape index (κ3) is 2.04. The number of aromatic nitrogens is 2. The van der Waals surface area contributed by atoms with Gasteiger partial charge in [-0.1, -0.05) is 60.1 Å². The molecule has 0 radical (unpaired) electrons. The Bertz CT molecular complexity index is 1570. The molecule has 4 aromatic rings. The standard InChI is InChI=1S/C25H15ClN4O2/c1-13-21-24(30(29-13)19-11-3-2-10-18(19)26)32-23(28)17(12-27)25(21)16-9-5-7-14-6-4-8-15(20(14)16)22(25)31/h2-11H,28H2,1H3. The third-order valence-corrected chi connectivity index (χ3v) is 6.63. The summed E-state index contributed by atoms with van der Waals surface area (Å²) in [5.74, 6) is -0.0493. The predicted octanol–water partition coefficient (Wildman–Crippen LogP) is 4.56. The van der Waals surface area contributed by atoms with Gasteiger partial charge in [0.05, 0.1) is 22.0 Å². The summed E-state index contributed by atoms with van der Waals surface area (Å²) >= 11 is 6.44. The Balaban J connectivity index is 1.78. The van der Waals surface area contributed by atoms with E-state index < -0.39 is 5.41 Å². The van der Waals surface area contributed by atoms with Crippen molar-refractivity contribution >= 4 is 28.2 Å². The molecule has 6 rings (SSSR count). The number of carbonyl (C=O) groups is 1. The molecular formula is C25H15ClN4O2. The Morgan fingerprint density at radius 2 is 1.88 bits per heavy atom. The lowest BCUT2D eigenvalue weighted by Crippen LogP contribution is -2.41. The summed E-state index contributed by atoms with van der Waals surface area (Å²) in [6.45, 7) is 1.80. The van der Waals surface area contributed by atoms with E-state index in [0.29, 0.717) is 33.1 Å². The first-order valence-corrected chi connectivity index (χ1v) is 10.4. The Kier molecular flexibility index (Phi) is 3.63. The number of Topliss-reactive ketones (excluding diaryl/α,β-unsaturated/α-hetero) is 1. The number of allylic oxidation sites excluding steroid dienone is 1.